The molecule has 0 bridgehead atoms. The highest BCUT2D eigenvalue weighted by Crippen LogP contribution is 2.51. The van der Waals surface area contributed by atoms with E-state index in [1.54, 1.807) is 21.3 Å². The summed E-state index contributed by atoms with van der Waals surface area (Å²) >= 11 is 0. The summed E-state index contributed by atoms with van der Waals surface area (Å²) in [7, 11) is 4.84. The second-order valence-electron chi connectivity index (χ2n) is 8.21. The third-order valence-electron chi connectivity index (χ3n) is 6.28. The molecule has 0 fully saturated rings. The quantitative estimate of drug-likeness (QED) is 0.494. The van der Waals surface area contributed by atoms with Crippen LogP contribution in [0.3, 0.4) is 0 Å². The van der Waals surface area contributed by atoms with Gasteiger partial charge in [-0.25, -0.2) is 0 Å². The number of methoxy groups -OCH3 is 3. The fraction of sp³-hybridized carbons (Fsp3) is 0.308. The number of fused-ring (bicyclic) bond motifs is 2. The van der Waals surface area contributed by atoms with Crippen molar-refractivity contribution in [1.29, 1.82) is 0 Å². The molecule has 3 atom stereocenters. The van der Waals surface area contributed by atoms with E-state index in [4.69, 9.17) is 28.4 Å². The van der Waals surface area contributed by atoms with Crippen molar-refractivity contribution in [2.45, 2.75) is 19.1 Å². The molecule has 2 N–H and O–H groups in total. The van der Waals surface area contributed by atoms with Crippen LogP contribution in [-0.2, 0) is 0 Å². The van der Waals surface area contributed by atoms with Gasteiger partial charge in [-0.05, 0) is 35.9 Å². The summed E-state index contributed by atoms with van der Waals surface area (Å²) in [5, 5.41) is 0. The maximum atomic E-state index is 6.40. The van der Waals surface area contributed by atoms with E-state index < -0.39 is 0 Å². The van der Waals surface area contributed by atoms with Gasteiger partial charge in [0.2, 0.25) is 12.5 Å². The second-order valence-corrected chi connectivity index (χ2v) is 8.21. The van der Waals surface area contributed by atoms with Crippen molar-refractivity contribution in [3.63, 3.8) is 0 Å². The lowest BCUT2D eigenvalue weighted by atomic mass is 9.78. The van der Waals surface area contributed by atoms with Crippen LogP contribution in [0.1, 0.15) is 24.0 Å². The van der Waals surface area contributed by atoms with Crippen LogP contribution >= 0.6 is 0 Å². The SMILES string of the molecule is COc1cc([C@H]2c3cc4c(cc3O[C@H](NNc3ccccc3)[C@@H]2C)OCO4)cc(OC)c1OC. The van der Waals surface area contributed by atoms with E-state index in [-0.39, 0.29) is 24.9 Å². The van der Waals surface area contributed by atoms with Crippen molar-refractivity contribution in [3.8, 4) is 34.5 Å². The van der Waals surface area contributed by atoms with E-state index in [0.717, 1.165) is 22.6 Å². The van der Waals surface area contributed by atoms with Crippen LogP contribution in [0, 0.1) is 5.92 Å². The number of nitrogens with one attached hydrogen (secondary N) is 2. The normalized spacial score (nSPS) is 20.2. The van der Waals surface area contributed by atoms with Gasteiger partial charge in [-0.15, -0.1) is 0 Å². The Bertz CT molecular complexity index is 1140. The Morgan fingerprint density at radius 2 is 1.50 bits per heavy atom. The number of hydrogen-bond acceptors (Lipinski definition) is 8. The van der Waals surface area contributed by atoms with Crippen molar-refractivity contribution in [1.82, 2.24) is 5.43 Å². The average Bonchev–Trinajstić information content (AvgIpc) is 3.33. The first-order chi connectivity index (χ1) is 16.6. The highest BCUT2D eigenvalue weighted by Gasteiger charge is 2.39. The van der Waals surface area contributed by atoms with Gasteiger partial charge in [-0.2, -0.15) is 5.43 Å². The summed E-state index contributed by atoms with van der Waals surface area (Å²) in [4.78, 5) is 0. The molecular weight excluding hydrogens is 436 g/mol. The number of hydrazine groups is 1. The minimum atomic E-state index is -0.336. The molecule has 8 nitrogen and oxygen atoms in total. The first kappa shape index (κ1) is 22.0. The van der Waals surface area contributed by atoms with Crippen LogP contribution < -0.4 is 39.3 Å². The van der Waals surface area contributed by atoms with Crippen molar-refractivity contribution in [2.24, 2.45) is 5.92 Å². The first-order valence-corrected chi connectivity index (χ1v) is 11.1. The number of ether oxygens (including phenoxy) is 6. The Balaban J connectivity index is 1.57. The minimum Gasteiger partial charge on any atom is -0.493 e. The largest absolute Gasteiger partial charge is 0.493 e. The summed E-state index contributed by atoms with van der Waals surface area (Å²) in [5.74, 6) is 3.84. The number of anilines is 1. The van der Waals surface area contributed by atoms with E-state index in [2.05, 4.69) is 17.8 Å². The second kappa shape index (κ2) is 9.23. The summed E-state index contributed by atoms with van der Waals surface area (Å²) in [5.41, 5.74) is 9.57. The van der Waals surface area contributed by atoms with E-state index >= 15 is 0 Å². The van der Waals surface area contributed by atoms with Gasteiger partial charge in [0.1, 0.15) is 5.75 Å². The fourth-order valence-electron chi connectivity index (χ4n) is 4.59. The van der Waals surface area contributed by atoms with Gasteiger partial charge in [-0.1, -0.05) is 25.1 Å². The third-order valence-corrected chi connectivity index (χ3v) is 6.28. The van der Waals surface area contributed by atoms with Crippen molar-refractivity contribution < 1.29 is 28.4 Å². The monoisotopic (exact) mass is 464 g/mol. The van der Waals surface area contributed by atoms with E-state index in [9.17, 15) is 0 Å². The van der Waals surface area contributed by atoms with E-state index in [0.29, 0.717) is 28.7 Å². The third kappa shape index (κ3) is 3.90. The lowest BCUT2D eigenvalue weighted by Crippen LogP contribution is -2.47. The lowest BCUT2D eigenvalue weighted by Gasteiger charge is -2.39. The molecule has 0 spiro atoms. The Morgan fingerprint density at radius 3 is 2.15 bits per heavy atom. The van der Waals surface area contributed by atoms with Crippen LogP contribution in [0.25, 0.3) is 0 Å². The van der Waals surface area contributed by atoms with Crippen LogP contribution in [0.5, 0.6) is 34.5 Å². The Morgan fingerprint density at radius 1 is 0.824 bits per heavy atom. The van der Waals surface area contributed by atoms with Crippen molar-refractivity contribution >= 4 is 5.69 Å². The van der Waals surface area contributed by atoms with Crippen LogP contribution in [-0.4, -0.2) is 34.4 Å². The van der Waals surface area contributed by atoms with E-state index in [1.165, 1.54) is 0 Å². The first-order valence-electron chi connectivity index (χ1n) is 11.1. The minimum absolute atomic E-state index is 0.0203. The van der Waals surface area contributed by atoms with Gasteiger partial charge in [0.05, 0.1) is 21.3 Å². The summed E-state index contributed by atoms with van der Waals surface area (Å²) in [6.07, 6.45) is -0.336. The van der Waals surface area contributed by atoms with Gasteiger partial charge in [0, 0.05) is 29.2 Å². The molecule has 2 heterocycles. The molecule has 0 aromatic heterocycles. The summed E-state index contributed by atoms with van der Waals surface area (Å²) in [6.45, 7) is 2.34. The Hall–Kier alpha value is -3.78. The number of rotatable bonds is 7. The molecule has 0 unspecified atom stereocenters. The highest BCUT2D eigenvalue weighted by molar-refractivity contribution is 5.60. The zero-order valence-electron chi connectivity index (χ0n) is 19.6. The number of hydrogen-bond donors (Lipinski definition) is 2. The zero-order chi connectivity index (χ0) is 23.7. The molecule has 3 aromatic carbocycles. The molecule has 0 radical (unpaired) electrons. The molecular formula is C26H28N2O6. The number of para-hydroxylation sites is 1. The van der Waals surface area contributed by atoms with Crippen LogP contribution in [0.2, 0.25) is 0 Å². The Labute approximate surface area is 198 Å². The van der Waals surface area contributed by atoms with Gasteiger partial charge in [-0.3, -0.25) is 0 Å². The molecule has 0 saturated heterocycles. The molecule has 178 valence electrons. The molecule has 3 aromatic rings. The smallest absolute Gasteiger partial charge is 0.231 e. The highest BCUT2D eigenvalue weighted by atomic mass is 16.7. The molecule has 5 rings (SSSR count). The van der Waals surface area contributed by atoms with E-state index in [1.807, 2.05) is 54.6 Å². The fourth-order valence-corrected chi connectivity index (χ4v) is 4.59. The van der Waals surface area contributed by atoms with Gasteiger partial charge >= 0.3 is 0 Å². The molecule has 34 heavy (non-hydrogen) atoms. The molecule has 2 aliphatic rings. The zero-order valence-corrected chi connectivity index (χ0v) is 19.6. The molecule has 0 aliphatic carbocycles. The van der Waals surface area contributed by atoms with Gasteiger partial charge < -0.3 is 33.8 Å². The standard InChI is InChI=1S/C26H28N2O6/c1-15-24(16-10-22(29-2)25(31-4)23(11-16)30-3)18-12-20-21(33-14-32-20)13-19(18)34-26(15)28-27-17-8-6-5-7-9-17/h5-13,15,24,26-28H,14H2,1-4H3/t15-,24+,26+/m1/s1. The number of benzene rings is 3. The van der Waals surface area contributed by atoms with Crippen molar-refractivity contribution in [3.05, 3.63) is 65.7 Å². The van der Waals surface area contributed by atoms with Crippen LogP contribution in [0.15, 0.2) is 54.6 Å². The van der Waals surface area contributed by atoms with Gasteiger partial charge in [0.15, 0.2) is 29.2 Å². The van der Waals surface area contributed by atoms with Gasteiger partial charge in [0.25, 0.3) is 0 Å². The predicted molar refractivity (Wildman–Crippen MR) is 127 cm³/mol. The lowest BCUT2D eigenvalue weighted by molar-refractivity contribution is 0.0862. The topological polar surface area (TPSA) is 79.4 Å². The van der Waals surface area contributed by atoms with Crippen LogP contribution in [0.4, 0.5) is 5.69 Å². The predicted octanol–water partition coefficient (Wildman–Crippen LogP) is 4.54. The van der Waals surface area contributed by atoms with Crippen molar-refractivity contribution in [2.75, 3.05) is 33.5 Å². The molecule has 0 amide bonds. The maximum absolute atomic E-state index is 6.40. The molecule has 0 saturated carbocycles. The molecule has 8 heteroatoms. The summed E-state index contributed by atoms with van der Waals surface area (Å²) < 4.78 is 34.5. The molecule has 2 aliphatic heterocycles. The average molecular weight is 465 g/mol. The Kier molecular flexibility index (Phi) is 5.98. The summed E-state index contributed by atoms with van der Waals surface area (Å²) in [6, 6.07) is 17.8. The maximum Gasteiger partial charge on any atom is 0.231 e.